The average molecular weight is 211 g/mol. The molecule has 1 aromatic carbocycles. The third-order valence-corrected chi connectivity index (χ3v) is 2.84. The van der Waals surface area contributed by atoms with Crippen molar-refractivity contribution in [3.63, 3.8) is 0 Å². The highest BCUT2D eigenvalue weighted by molar-refractivity contribution is 5.79. The molecule has 16 heavy (non-hydrogen) atoms. The molecule has 0 unspecified atom stereocenters. The minimum atomic E-state index is 0.804. The van der Waals surface area contributed by atoms with Gasteiger partial charge in [0, 0.05) is 11.4 Å². The van der Waals surface area contributed by atoms with Gasteiger partial charge in [-0.2, -0.15) is 0 Å². The van der Waals surface area contributed by atoms with Crippen molar-refractivity contribution < 1.29 is 0 Å². The summed E-state index contributed by atoms with van der Waals surface area (Å²) in [7, 11) is 0. The minimum absolute atomic E-state index is 0.804. The Morgan fingerprint density at radius 2 is 2.00 bits per heavy atom. The zero-order valence-electron chi connectivity index (χ0n) is 9.44. The molecule has 3 nitrogen and oxygen atoms in total. The SMILES string of the molecule is CCc1cc(C)nc2nc3ccccc3n12. The van der Waals surface area contributed by atoms with Crippen LogP contribution in [0.25, 0.3) is 16.8 Å². The molecule has 0 fully saturated rings. The highest BCUT2D eigenvalue weighted by atomic mass is 15.1. The van der Waals surface area contributed by atoms with Gasteiger partial charge < -0.3 is 0 Å². The Bertz CT molecular complexity index is 667. The lowest BCUT2D eigenvalue weighted by Crippen LogP contribution is -1.99. The highest BCUT2D eigenvalue weighted by Crippen LogP contribution is 2.18. The molecular formula is C13H13N3. The van der Waals surface area contributed by atoms with E-state index in [0.29, 0.717) is 0 Å². The predicted molar refractivity (Wildman–Crippen MR) is 64.6 cm³/mol. The lowest BCUT2D eigenvalue weighted by molar-refractivity contribution is 0.955. The first-order chi connectivity index (χ1) is 7.79. The van der Waals surface area contributed by atoms with Gasteiger partial charge in [-0.15, -0.1) is 0 Å². The maximum absolute atomic E-state index is 4.54. The zero-order chi connectivity index (χ0) is 11.1. The quantitative estimate of drug-likeness (QED) is 0.619. The first kappa shape index (κ1) is 9.33. The number of fused-ring (bicyclic) bond motifs is 3. The average Bonchev–Trinajstić information content (AvgIpc) is 2.65. The molecule has 3 aromatic rings. The summed E-state index contributed by atoms with van der Waals surface area (Å²) >= 11 is 0. The summed E-state index contributed by atoms with van der Waals surface area (Å²) in [6.45, 7) is 4.17. The maximum Gasteiger partial charge on any atom is 0.235 e. The number of imidazole rings is 1. The van der Waals surface area contributed by atoms with Crippen LogP contribution in [0.2, 0.25) is 0 Å². The van der Waals surface area contributed by atoms with E-state index in [2.05, 4.69) is 33.4 Å². The number of rotatable bonds is 1. The van der Waals surface area contributed by atoms with Gasteiger partial charge in [-0.3, -0.25) is 4.40 Å². The van der Waals surface area contributed by atoms with Gasteiger partial charge in [0.1, 0.15) is 0 Å². The van der Waals surface area contributed by atoms with E-state index in [9.17, 15) is 0 Å². The van der Waals surface area contributed by atoms with Gasteiger partial charge in [-0.1, -0.05) is 19.1 Å². The molecule has 0 saturated heterocycles. The number of para-hydroxylation sites is 2. The van der Waals surface area contributed by atoms with Crippen LogP contribution in [0, 0.1) is 6.92 Å². The first-order valence-electron chi connectivity index (χ1n) is 5.53. The summed E-state index contributed by atoms with van der Waals surface area (Å²) in [5.41, 5.74) is 4.44. The Morgan fingerprint density at radius 1 is 1.19 bits per heavy atom. The van der Waals surface area contributed by atoms with Crippen molar-refractivity contribution in [3.8, 4) is 0 Å². The third-order valence-electron chi connectivity index (χ3n) is 2.84. The Hall–Kier alpha value is -1.90. The molecular weight excluding hydrogens is 198 g/mol. The van der Waals surface area contributed by atoms with Crippen molar-refractivity contribution in [1.82, 2.24) is 14.4 Å². The van der Waals surface area contributed by atoms with Crippen LogP contribution in [0.1, 0.15) is 18.3 Å². The second-order valence-electron chi connectivity index (χ2n) is 3.98. The lowest BCUT2D eigenvalue weighted by Gasteiger charge is -2.04. The van der Waals surface area contributed by atoms with Crippen molar-refractivity contribution in [2.75, 3.05) is 0 Å². The van der Waals surface area contributed by atoms with Crippen LogP contribution >= 0.6 is 0 Å². The summed E-state index contributed by atoms with van der Waals surface area (Å²) < 4.78 is 2.14. The van der Waals surface area contributed by atoms with Crippen molar-refractivity contribution >= 4 is 16.8 Å². The molecule has 0 spiro atoms. The molecule has 0 amide bonds. The third kappa shape index (κ3) is 1.21. The van der Waals surface area contributed by atoms with Crippen LogP contribution in [-0.4, -0.2) is 14.4 Å². The topological polar surface area (TPSA) is 30.2 Å². The fourth-order valence-corrected chi connectivity index (χ4v) is 2.13. The summed E-state index contributed by atoms with van der Waals surface area (Å²) in [6.07, 6.45) is 0.986. The van der Waals surface area contributed by atoms with Crippen molar-refractivity contribution in [2.45, 2.75) is 20.3 Å². The van der Waals surface area contributed by atoms with Gasteiger partial charge in [-0.25, -0.2) is 9.97 Å². The molecule has 3 heteroatoms. The standard InChI is InChI=1S/C13H13N3/c1-3-10-8-9(2)14-13-15-11-6-4-5-7-12(11)16(10)13/h4-8H,3H2,1-2H3. The molecule has 2 aromatic heterocycles. The normalized spacial score (nSPS) is 11.4. The molecule has 2 heterocycles. The highest BCUT2D eigenvalue weighted by Gasteiger charge is 2.08. The Balaban J connectivity index is 2.55. The van der Waals surface area contributed by atoms with E-state index >= 15 is 0 Å². The second-order valence-corrected chi connectivity index (χ2v) is 3.98. The minimum Gasteiger partial charge on any atom is -0.281 e. The number of aromatic nitrogens is 3. The Labute approximate surface area is 93.8 Å². The molecule has 0 radical (unpaired) electrons. The zero-order valence-corrected chi connectivity index (χ0v) is 9.44. The van der Waals surface area contributed by atoms with E-state index in [1.807, 2.05) is 25.1 Å². The van der Waals surface area contributed by atoms with Crippen LogP contribution in [-0.2, 0) is 6.42 Å². The number of hydrogen-bond donors (Lipinski definition) is 0. The number of nitrogens with zero attached hydrogens (tertiary/aromatic N) is 3. The summed E-state index contributed by atoms with van der Waals surface area (Å²) in [5, 5.41) is 0. The van der Waals surface area contributed by atoms with E-state index in [4.69, 9.17) is 0 Å². The summed E-state index contributed by atoms with van der Waals surface area (Å²) in [5.74, 6) is 0.804. The fraction of sp³-hybridized carbons (Fsp3) is 0.231. The van der Waals surface area contributed by atoms with Gasteiger partial charge in [0.05, 0.1) is 11.0 Å². The molecule has 0 bridgehead atoms. The smallest absolute Gasteiger partial charge is 0.235 e. The lowest BCUT2D eigenvalue weighted by atomic mass is 10.2. The van der Waals surface area contributed by atoms with Crippen LogP contribution in [0.3, 0.4) is 0 Å². The fourth-order valence-electron chi connectivity index (χ4n) is 2.13. The molecule has 0 N–H and O–H groups in total. The molecule has 0 aliphatic carbocycles. The second kappa shape index (κ2) is 3.30. The molecule has 0 atom stereocenters. The first-order valence-corrected chi connectivity index (χ1v) is 5.53. The van der Waals surface area contributed by atoms with Crippen LogP contribution in [0.4, 0.5) is 0 Å². The number of benzene rings is 1. The van der Waals surface area contributed by atoms with Crippen LogP contribution < -0.4 is 0 Å². The van der Waals surface area contributed by atoms with E-state index in [0.717, 1.165) is 28.9 Å². The maximum atomic E-state index is 4.54. The van der Waals surface area contributed by atoms with Gasteiger partial charge in [0.15, 0.2) is 0 Å². The van der Waals surface area contributed by atoms with Crippen molar-refractivity contribution in [2.24, 2.45) is 0 Å². The van der Waals surface area contributed by atoms with Gasteiger partial charge >= 0.3 is 0 Å². The molecule has 3 rings (SSSR count). The van der Waals surface area contributed by atoms with Gasteiger partial charge in [0.25, 0.3) is 0 Å². The Kier molecular flexibility index (Phi) is 1.93. The molecule has 0 aliphatic heterocycles. The van der Waals surface area contributed by atoms with Crippen molar-refractivity contribution in [3.05, 3.63) is 41.7 Å². The predicted octanol–water partition coefficient (Wildman–Crippen LogP) is 2.75. The molecule has 80 valence electrons. The van der Waals surface area contributed by atoms with Crippen LogP contribution in [0.5, 0.6) is 0 Å². The van der Waals surface area contributed by atoms with E-state index in [-0.39, 0.29) is 0 Å². The number of hydrogen-bond acceptors (Lipinski definition) is 2. The van der Waals surface area contributed by atoms with Gasteiger partial charge in [-0.05, 0) is 31.5 Å². The summed E-state index contributed by atoms with van der Waals surface area (Å²) in [4.78, 5) is 9.01. The monoisotopic (exact) mass is 211 g/mol. The van der Waals surface area contributed by atoms with Crippen molar-refractivity contribution in [1.29, 1.82) is 0 Å². The van der Waals surface area contributed by atoms with Gasteiger partial charge in [0.2, 0.25) is 5.78 Å². The molecule has 0 saturated carbocycles. The summed E-state index contributed by atoms with van der Waals surface area (Å²) in [6, 6.07) is 10.3. The van der Waals surface area contributed by atoms with E-state index in [1.165, 1.54) is 5.69 Å². The van der Waals surface area contributed by atoms with Crippen LogP contribution in [0.15, 0.2) is 30.3 Å². The van der Waals surface area contributed by atoms with E-state index < -0.39 is 0 Å². The molecule has 0 aliphatic rings. The largest absolute Gasteiger partial charge is 0.281 e. The van der Waals surface area contributed by atoms with E-state index in [1.54, 1.807) is 0 Å². The Morgan fingerprint density at radius 3 is 2.81 bits per heavy atom. The number of aryl methyl sites for hydroxylation is 2.